The largest absolute Gasteiger partial charge is 0.378 e. The van der Waals surface area contributed by atoms with Crippen LogP contribution in [0.4, 0.5) is 4.79 Å². The number of nitriles is 1. The maximum Gasteiger partial charge on any atom is 0.318 e. The highest BCUT2D eigenvalue weighted by atomic mass is 16.5. The van der Waals surface area contributed by atoms with Crippen LogP contribution in [-0.4, -0.2) is 55.2 Å². The van der Waals surface area contributed by atoms with Gasteiger partial charge in [-0.05, 0) is 24.7 Å². The molecule has 1 saturated heterocycles. The highest BCUT2D eigenvalue weighted by Gasteiger charge is 2.27. The third-order valence-electron chi connectivity index (χ3n) is 3.80. The maximum absolute atomic E-state index is 12.5. The smallest absolute Gasteiger partial charge is 0.318 e. The number of rotatable bonds is 7. The first kappa shape index (κ1) is 20.2. The number of morpholine rings is 1. The number of urea groups is 1. The van der Waals surface area contributed by atoms with Crippen LogP contribution < -0.4 is 10.6 Å². The van der Waals surface area contributed by atoms with Crippen LogP contribution in [0.2, 0.25) is 0 Å². The lowest BCUT2D eigenvalue weighted by molar-refractivity contribution is -0.123. The van der Waals surface area contributed by atoms with E-state index in [9.17, 15) is 14.9 Å². The van der Waals surface area contributed by atoms with Gasteiger partial charge >= 0.3 is 6.03 Å². The van der Waals surface area contributed by atoms with Gasteiger partial charge in [0.1, 0.15) is 12.1 Å². The van der Waals surface area contributed by atoms with Gasteiger partial charge in [-0.1, -0.05) is 27.7 Å². The molecule has 1 heterocycles. The van der Waals surface area contributed by atoms with Crippen molar-refractivity contribution in [3.8, 4) is 6.07 Å². The topological polar surface area (TPSA) is 94.5 Å². The molecule has 3 amide bonds. The number of nitrogens with zero attached hydrogens (tertiary/aromatic N) is 2. The fourth-order valence-electron chi connectivity index (χ4n) is 2.60. The summed E-state index contributed by atoms with van der Waals surface area (Å²) in [6.07, 6.45) is 1.12. The Kier molecular flexibility index (Phi) is 8.55. The maximum atomic E-state index is 12.5. The molecule has 7 heteroatoms. The van der Waals surface area contributed by atoms with E-state index in [4.69, 9.17) is 4.74 Å². The molecule has 0 aromatic carbocycles. The molecule has 0 saturated carbocycles. The number of hydrogen-bond donors (Lipinski definition) is 2. The fourth-order valence-corrected chi connectivity index (χ4v) is 2.60. The van der Waals surface area contributed by atoms with Gasteiger partial charge in [0.15, 0.2) is 0 Å². The Hall–Kier alpha value is -1.81. The van der Waals surface area contributed by atoms with Crippen LogP contribution >= 0.6 is 0 Å². The summed E-state index contributed by atoms with van der Waals surface area (Å²) >= 11 is 0. The summed E-state index contributed by atoms with van der Waals surface area (Å²) in [7, 11) is 0. The standard InChI is InChI=1S/C17H30N4O3/c1-12(2)9-14(11-18)19-16(22)15(10-13(3)4)20-17(23)21-5-7-24-8-6-21/h12-15H,5-10H2,1-4H3,(H,19,22)(H,20,23)/t14-,15-/m0/s1. The number of carbonyl (C=O) groups is 2. The van der Waals surface area contributed by atoms with Crippen molar-refractivity contribution in [3.63, 3.8) is 0 Å². The third kappa shape index (κ3) is 7.18. The number of carbonyl (C=O) groups excluding carboxylic acids is 2. The van der Waals surface area contributed by atoms with E-state index in [0.717, 1.165) is 0 Å². The first-order valence-corrected chi connectivity index (χ1v) is 8.66. The van der Waals surface area contributed by atoms with Crippen molar-refractivity contribution in [2.24, 2.45) is 11.8 Å². The average molecular weight is 338 g/mol. The Morgan fingerprint density at radius 1 is 1.08 bits per heavy atom. The third-order valence-corrected chi connectivity index (χ3v) is 3.80. The highest BCUT2D eigenvalue weighted by molar-refractivity contribution is 5.87. The normalized spacial score (nSPS) is 17.3. The lowest BCUT2D eigenvalue weighted by Gasteiger charge is -2.29. The van der Waals surface area contributed by atoms with Crippen molar-refractivity contribution in [1.29, 1.82) is 5.26 Å². The summed E-state index contributed by atoms with van der Waals surface area (Å²) < 4.78 is 5.23. The molecule has 1 rings (SSSR count). The summed E-state index contributed by atoms with van der Waals surface area (Å²) in [6.45, 7) is 10.1. The van der Waals surface area contributed by atoms with E-state index in [1.165, 1.54) is 0 Å². The van der Waals surface area contributed by atoms with Crippen molar-refractivity contribution < 1.29 is 14.3 Å². The molecular formula is C17H30N4O3. The molecule has 2 atom stereocenters. The Morgan fingerprint density at radius 2 is 1.67 bits per heavy atom. The average Bonchev–Trinajstić information content (AvgIpc) is 2.53. The van der Waals surface area contributed by atoms with Gasteiger partial charge in [0, 0.05) is 13.1 Å². The second kappa shape index (κ2) is 10.1. The van der Waals surface area contributed by atoms with Crippen molar-refractivity contribution in [2.75, 3.05) is 26.3 Å². The van der Waals surface area contributed by atoms with Crippen LogP contribution in [0.5, 0.6) is 0 Å². The summed E-state index contributed by atoms with van der Waals surface area (Å²) in [5, 5.41) is 14.8. The summed E-state index contributed by atoms with van der Waals surface area (Å²) in [5.74, 6) is 0.260. The number of ether oxygens (including phenoxy) is 1. The number of amides is 3. The summed E-state index contributed by atoms with van der Waals surface area (Å²) in [4.78, 5) is 26.5. The van der Waals surface area contributed by atoms with Crippen molar-refractivity contribution >= 4 is 11.9 Å². The lowest BCUT2D eigenvalue weighted by atomic mass is 10.0. The molecule has 0 aromatic rings. The van der Waals surface area contributed by atoms with Crippen molar-refractivity contribution in [1.82, 2.24) is 15.5 Å². The van der Waals surface area contributed by atoms with Crippen molar-refractivity contribution in [3.05, 3.63) is 0 Å². The lowest BCUT2D eigenvalue weighted by Crippen LogP contribution is -2.55. The van der Waals surface area contributed by atoms with Crippen molar-refractivity contribution in [2.45, 2.75) is 52.6 Å². The molecule has 0 unspecified atom stereocenters. The molecule has 24 heavy (non-hydrogen) atoms. The van der Waals surface area contributed by atoms with Gasteiger partial charge in [0.2, 0.25) is 5.91 Å². The quantitative estimate of drug-likeness (QED) is 0.735. The molecule has 1 fully saturated rings. The van der Waals surface area contributed by atoms with Crippen LogP contribution in [-0.2, 0) is 9.53 Å². The zero-order chi connectivity index (χ0) is 18.1. The van der Waals surface area contributed by atoms with E-state index in [2.05, 4.69) is 16.7 Å². The number of nitrogens with one attached hydrogen (secondary N) is 2. The van der Waals surface area contributed by atoms with Gasteiger partial charge < -0.3 is 20.3 Å². The van der Waals surface area contributed by atoms with Gasteiger partial charge in [0.25, 0.3) is 0 Å². The minimum absolute atomic E-state index is 0.247. The molecule has 0 aromatic heterocycles. The Morgan fingerprint density at radius 3 is 2.17 bits per heavy atom. The van der Waals surface area contributed by atoms with E-state index in [0.29, 0.717) is 45.1 Å². The first-order chi connectivity index (χ1) is 11.3. The molecule has 1 aliphatic heterocycles. The van der Waals surface area contributed by atoms with E-state index < -0.39 is 12.1 Å². The Labute approximate surface area is 144 Å². The molecule has 0 bridgehead atoms. The van der Waals surface area contributed by atoms with E-state index in [1.54, 1.807) is 4.90 Å². The van der Waals surface area contributed by atoms with E-state index in [1.807, 2.05) is 27.7 Å². The molecule has 0 radical (unpaired) electrons. The van der Waals surface area contributed by atoms with Crippen LogP contribution in [0.3, 0.4) is 0 Å². The van der Waals surface area contributed by atoms with E-state index >= 15 is 0 Å². The van der Waals surface area contributed by atoms with Gasteiger partial charge in [-0.25, -0.2) is 4.79 Å². The number of hydrogen-bond acceptors (Lipinski definition) is 4. The molecule has 7 nitrogen and oxygen atoms in total. The summed E-state index contributed by atoms with van der Waals surface area (Å²) in [5.41, 5.74) is 0. The second-order valence-electron chi connectivity index (χ2n) is 7.05. The minimum atomic E-state index is -0.636. The predicted molar refractivity (Wildman–Crippen MR) is 91.2 cm³/mol. The zero-order valence-corrected chi connectivity index (χ0v) is 15.2. The van der Waals surface area contributed by atoms with Crippen LogP contribution in [0, 0.1) is 23.2 Å². The predicted octanol–water partition coefficient (Wildman–Crippen LogP) is 1.50. The van der Waals surface area contributed by atoms with E-state index in [-0.39, 0.29) is 17.9 Å². The SMILES string of the molecule is CC(C)C[C@@H](C#N)NC(=O)[C@H](CC(C)C)NC(=O)N1CCOCC1. The van der Waals surface area contributed by atoms with Gasteiger partial charge in [0.05, 0.1) is 19.3 Å². The molecule has 0 aliphatic carbocycles. The van der Waals surface area contributed by atoms with Crippen LogP contribution in [0.15, 0.2) is 0 Å². The monoisotopic (exact) mass is 338 g/mol. The minimum Gasteiger partial charge on any atom is -0.378 e. The van der Waals surface area contributed by atoms with Crippen LogP contribution in [0.25, 0.3) is 0 Å². The Bertz CT molecular complexity index is 453. The van der Waals surface area contributed by atoms with Crippen LogP contribution in [0.1, 0.15) is 40.5 Å². The van der Waals surface area contributed by atoms with Gasteiger partial charge in [-0.2, -0.15) is 5.26 Å². The van der Waals surface area contributed by atoms with Gasteiger partial charge in [-0.3, -0.25) is 4.79 Å². The molecular weight excluding hydrogens is 308 g/mol. The summed E-state index contributed by atoms with van der Waals surface area (Å²) in [6, 6.07) is 0.694. The molecule has 136 valence electrons. The Balaban J connectivity index is 2.67. The highest BCUT2D eigenvalue weighted by Crippen LogP contribution is 2.09. The fraction of sp³-hybridized carbons (Fsp3) is 0.824. The van der Waals surface area contributed by atoms with Gasteiger partial charge in [-0.15, -0.1) is 0 Å². The molecule has 2 N–H and O–H groups in total. The first-order valence-electron chi connectivity index (χ1n) is 8.66. The zero-order valence-electron chi connectivity index (χ0n) is 15.2. The molecule has 1 aliphatic rings. The second-order valence-corrected chi connectivity index (χ2v) is 7.05. The molecule has 0 spiro atoms.